The zero-order chi connectivity index (χ0) is 20.0. The first-order valence-corrected chi connectivity index (χ1v) is 10.6. The zero-order valence-electron chi connectivity index (χ0n) is 15.8. The largest absolute Gasteiger partial charge is 0.463 e. The molecular formula is C21H17ClN4O2S. The van der Waals surface area contributed by atoms with Crippen LogP contribution in [-0.4, -0.2) is 19.6 Å². The summed E-state index contributed by atoms with van der Waals surface area (Å²) in [4.78, 5) is 4.66. The second kappa shape index (κ2) is 7.24. The summed E-state index contributed by atoms with van der Waals surface area (Å²) in [5.41, 5.74) is 4.47. The molecule has 4 heterocycles. The lowest BCUT2D eigenvalue weighted by Gasteiger charge is -2.06. The zero-order valence-corrected chi connectivity index (χ0v) is 17.4. The van der Waals surface area contributed by atoms with E-state index in [1.807, 2.05) is 43.3 Å². The number of halogens is 1. The highest BCUT2D eigenvalue weighted by Gasteiger charge is 2.18. The van der Waals surface area contributed by atoms with E-state index in [0.29, 0.717) is 16.7 Å². The van der Waals surface area contributed by atoms with Gasteiger partial charge >= 0.3 is 0 Å². The maximum Gasteiger partial charge on any atom is 0.228 e. The minimum absolute atomic E-state index is 0.529. The Kier molecular flexibility index (Phi) is 4.56. The van der Waals surface area contributed by atoms with Crippen molar-refractivity contribution in [2.45, 2.75) is 31.0 Å². The molecule has 0 amide bonds. The molecular weight excluding hydrogens is 408 g/mol. The smallest absolute Gasteiger partial charge is 0.228 e. The summed E-state index contributed by atoms with van der Waals surface area (Å²) < 4.78 is 13.6. The number of hydrogen-bond donors (Lipinski definition) is 0. The number of thioether (sulfide) groups is 1. The standard InChI is InChI=1S/C21H17ClN4O2S/c1-3-19-24-25-21(17-10-18-16(26(17)19)8-9-27-18)29-11-15-12(2)28-20(23-15)13-6-4-5-7-14(13)22/h4-10H,3,11H2,1-2H3. The van der Waals surface area contributed by atoms with E-state index in [0.717, 1.165) is 50.9 Å². The van der Waals surface area contributed by atoms with Crippen molar-refractivity contribution in [1.82, 2.24) is 19.6 Å². The van der Waals surface area contributed by atoms with Crippen LogP contribution in [-0.2, 0) is 12.2 Å². The fourth-order valence-corrected chi connectivity index (χ4v) is 4.49. The van der Waals surface area contributed by atoms with Gasteiger partial charge in [0.05, 0.1) is 33.6 Å². The minimum Gasteiger partial charge on any atom is -0.463 e. The lowest BCUT2D eigenvalue weighted by molar-refractivity contribution is 0.540. The number of aromatic nitrogens is 4. The van der Waals surface area contributed by atoms with Crippen molar-refractivity contribution in [2.75, 3.05) is 0 Å². The molecule has 0 bridgehead atoms. The number of oxazole rings is 1. The molecule has 1 aromatic carbocycles. The van der Waals surface area contributed by atoms with Gasteiger partial charge in [0.25, 0.3) is 0 Å². The van der Waals surface area contributed by atoms with Gasteiger partial charge < -0.3 is 8.83 Å². The molecule has 4 aromatic heterocycles. The van der Waals surface area contributed by atoms with Gasteiger partial charge in [0, 0.05) is 24.3 Å². The first kappa shape index (κ1) is 18.3. The predicted molar refractivity (Wildman–Crippen MR) is 113 cm³/mol. The van der Waals surface area contributed by atoms with Gasteiger partial charge in [0.15, 0.2) is 5.58 Å². The maximum absolute atomic E-state index is 6.28. The monoisotopic (exact) mass is 424 g/mol. The Balaban J connectivity index is 1.48. The van der Waals surface area contributed by atoms with Gasteiger partial charge in [0.2, 0.25) is 5.89 Å². The van der Waals surface area contributed by atoms with Crippen molar-refractivity contribution < 1.29 is 8.83 Å². The molecule has 29 heavy (non-hydrogen) atoms. The van der Waals surface area contributed by atoms with Crippen LogP contribution in [0.4, 0.5) is 0 Å². The van der Waals surface area contributed by atoms with Crippen LogP contribution in [0.3, 0.4) is 0 Å². The Bertz CT molecular complexity index is 1340. The summed E-state index contributed by atoms with van der Waals surface area (Å²) in [5, 5.41) is 10.3. The van der Waals surface area contributed by atoms with Crippen LogP contribution < -0.4 is 0 Å². The van der Waals surface area contributed by atoms with Crippen LogP contribution in [0.2, 0.25) is 5.02 Å². The van der Waals surface area contributed by atoms with E-state index in [1.165, 1.54) is 0 Å². The third-order valence-electron chi connectivity index (χ3n) is 4.82. The number of furan rings is 1. The third-order valence-corrected chi connectivity index (χ3v) is 6.13. The van der Waals surface area contributed by atoms with Crippen molar-refractivity contribution in [3.8, 4) is 11.5 Å². The van der Waals surface area contributed by atoms with Gasteiger partial charge in [-0.1, -0.05) is 42.4 Å². The van der Waals surface area contributed by atoms with Crippen LogP contribution in [0, 0.1) is 6.92 Å². The second-order valence-corrected chi connectivity index (χ2v) is 7.97. The van der Waals surface area contributed by atoms with E-state index in [2.05, 4.69) is 26.5 Å². The third kappa shape index (κ3) is 3.10. The van der Waals surface area contributed by atoms with Crippen molar-refractivity contribution in [3.63, 3.8) is 0 Å². The average molecular weight is 425 g/mol. The fraction of sp³-hybridized carbons (Fsp3) is 0.190. The highest BCUT2D eigenvalue weighted by Crippen LogP contribution is 2.33. The van der Waals surface area contributed by atoms with Crippen LogP contribution in [0.15, 0.2) is 56.5 Å². The van der Waals surface area contributed by atoms with E-state index in [4.69, 9.17) is 20.4 Å². The molecule has 8 heteroatoms. The molecule has 0 saturated carbocycles. The average Bonchev–Trinajstić information content (AvgIpc) is 3.41. The van der Waals surface area contributed by atoms with Gasteiger partial charge in [0.1, 0.15) is 16.6 Å². The van der Waals surface area contributed by atoms with Gasteiger partial charge in [-0.05, 0) is 19.1 Å². The highest BCUT2D eigenvalue weighted by atomic mass is 35.5. The Hall–Kier alpha value is -2.77. The normalized spacial score (nSPS) is 11.7. The number of rotatable bonds is 5. The van der Waals surface area contributed by atoms with Crippen LogP contribution >= 0.6 is 23.4 Å². The van der Waals surface area contributed by atoms with E-state index < -0.39 is 0 Å². The molecule has 0 aliphatic carbocycles. The molecule has 0 aliphatic heterocycles. The predicted octanol–water partition coefficient (Wildman–Crippen LogP) is 5.95. The number of aryl methyl sites for hydroxylation is 2. The fourth-order valence-electron chi connectivity index (χ4n) is 3.34. The molecule has 0 saturated heterocycles. The van der Waals surface area contributed by atoms with Crippen molar-refractivity contribution in [3.05, 3.63) is 65.0 Å². The van der Waals surface area contributed by atoms with Gasteiger partial charge in [-0.15, -0.1) is 10.2 Å². The summed E-state index contributed by atoms with van der Waals surface area (Å²) in [6.45, 7) is 3.98. The quantitative estimate of drug-likeness (QED) is 0.325. The van der Waals surface area contributed by atoms with E-state index in [1.54, 1.807) is 18.0 Å². The molecule has 5 rings (SSSR count). The molecule has 146 valence electrons. The van der Waals surface area contributed by atoms with Crippen molar-refractivity contribution in [2.24, 2.45) is 0 Å². The molecule has 0 fully saturated rings. The van der Waals surface area contributed by atoms with Crippen LogP contribution in [0.1, 0.15) is 24.2 Å². The SMILES string of the molecule is CCc1nnc(SCc2nc(-c3ccccc3Cl)oc2C)c2cc3occc3n12. The number of fused-ring (bicyclic) bond motifs is 3. The van der Waals surface area contributed by atoms with Crippen LogP contribution in [0.5, 0.6) is 0 Å². The molecule has 0 N–H and O–H groups in total. The molecule has 6 nitrogen and oxygen atoms in total. The maximum atomic E-state index is 6.28. The molecule has 0 aliphatic rings. The topological polar surface area (TPSA) is 69.4 Å². The molecule has 0 spiro atoms. The van der Waals surface area contributed by atoms with Crippen molar-refractivity contribution in [1.29, 1.82) is 0 Å². The first-order valence-electron chi connectivity index (χ1n) is 9.24. The van der Waals surface area contributed by atoms with Crippen LogP contribution in [0.25, 0.3) is 28.1 Å². The lowest BCUT2D eigenvalue weighted by Crippen LogP contribution is -2.03. The van der Waals surface area contributed by atoms with Gasteiger partial charge in [-0.2, -0.15) is 0 Å². The summed E-state index contributed by atoms with van der Waals surface area (Å²) in [7, 11) is 0. The Morgan fingerprint density at radius 2 is 2.00 bits per heavy atom. The lowest BCUT2D eigenvalue weighted by atomic mass is 10.2. The van der Waals surface area contributed by atoms with E-state index in [9.17, 15) is 0 Å². The number of hydrogen-bond acceptors (Lipinski definition) is 6. The summed E-state index contributed by atoms with van der Waals surface area (Å²) >= 11 is 7.86. The number of benzene rings is 1. The van der Waals surface area contributed by atoms with E-state index in [-0.39, 0.29) is 0 Å². The Morgan fingerprint density at radius 3 is 2.83 bits per heavy atom. The molecule has 5 aromatic rings. The number of nitrogens with zero attached hydrogens (tertiary/aromatic N) is 4. The molecule has 0 atom stereocenters. The molecule has 0 radical (unpaired) electrons. The van der Waals surface area contributed by atoms with E-state index >= 15 is 0 Å². The Morgan fingerprint density at radius 1 is 1.14 bits per heavy atom. The Labute approximate surface area is 175 Å². The van der Waals surface area contributed by atoms with Gasteiger partial charge in [-0.25, -0.2) is 4.98 Å². The minimum atomic E-state index is 0.529. The summed E-state index contributed by atoms with van der Waals surface area (Å²) in [5.74, 6) is 2.81. The summed E-state index contributed by atoms with van der Waals surface area (Å²) in [6.07, 6.45) is 2.48. The summed E-state index contributed by atoms with van der Waals surface area (Å²) in [6, 6.07) is 11.5. The van der Waals surface area contributed by atoms with Gasteiger partial charge in [-0.3, -0.25) is 4.40 Å². The first-order chi connectivity index (χ1) is 14.2. The van der Waals surface area contributed by atoms with Crippen molar-refractivity contribution >= 4 is 40.0 Å². The second-order valence-electron chi connectivity index (χ2n) is 6.60. The molecule has 0 unspecified atom stereocenters. The highest BCUT2D eigenvalue weighted by molar-refractivity contribution is 7.98.